The summed E-state index contributed by atoms with van der Waals surface area (Å²) >= 11 is 0. The van der Waals surface area contributed by atoms with Gasteiger partial charge in [-0.15, -0.1) is 0 Å². The molecule has 2 aromatic carbocycles. The maximum Gasteiger partial charge on any atom is 0.279 e. The van der Waals surface area contributed by atoms with Gasteiger partial charge in [-0.25, -0.2) is 0 Å². The van der Waals surface area contributed by atoms with Crippen LogP contribution in [0.3, 0.4) is 0 Å². The lowest BCUT2D eigenvalue weighted by atomic mass is 10.1. The number of quaternary nitrogens is 1. The van der Waals surface area contributed by atoms with E-state index in [0.717, 1.165) is 31.6 Å². The molecule has 8 heteroatoms. The molecular weight excluding hydrogens is 380 g/mol. The Labute approximate surface area is 171 Å². The highest BCUT2D eigenvalue weighted by atomic mass is 35.5. The van der Waals surface area contributed by atoms with Crippen molar-refractivity contribution in [3.63, 3.8) is 0 Å². The van der Waals surface area contributed by atoms with Gasteiger partial charge in [-0.05, 0) is 24.6 Å². The number of benzene rings is 2. The van der Waals surface area contributed by atoms with Crippen molar-refractivity contribution in [2.45, 2.75) is 6.92 Å². The molecule has 3 N–H and O–H groups in total. The fraction of sp³-hybridized carbons (Fsp3) is 0.400. The van der Waals surface area contributed by atoms with E-state index in [-0.39, 0.29) is 30.0 Å². The van der Waals surface area contributed by atoms with Crippen LogP contribution in [0.15, 0.2) is 30.3 Å². The Balaban J connectivity index is 0.00000280. The van der Waals surface area contributed by atoms with Gasteiger partial charge in [-0.3, -0.25) is 14.5 Å². The zero-order valence-electron chi connectivity index (χ0n) is 16.5. The monoisotopic (exact) mass is 406 g/mol. The van der Waals surface area contributed by atoms with E-state index in [1.807, 2.05) is 18.2 Å². The summed E-state index contributed by atoms with van der Waals surface area (Å²) < 4.78 is 0.698. The van der Waals surface area contributed by atoms with Gasteiger partial charge >= 0.3 is 0 Å². The highest BCUT2D eigenvalue weighted by molar-refractivity contribution is 6.08. The van der Waals surface area contributed by atoms with E-state index in [4.69, 9.17) is 0 Å². The number of likely N-dealkylation sites (N-methyl/N-ethyl adjacent to an activating group) is 2. The van der Waals surface area contributed by atoms with E-state index in [1.54, 1.807) is 12.1 Å². The number of aromatic hydroxyl groups is 1. The molecule has 1 fully saturated rings. The lowest BCUT2D eigenvalue weighted by Gasteiger charge is -2.40. The molecule has 0 radical (unpaired) electrons. The predicted molar refractivity (Wildman–Crippen MR) is 107 cm³/mol. The molecule has 152 valence electrons. The SMILES string of the molecule is CC(=O)Nc1ccc2cccc(NC(=O)C[N+]3(C)CCN(C)CC3)c2c1O.[Cl-]. The molecular formula is C20H27ClN4O3. The molecule has 3 rings (SSSR count). The Morgan fingerprint density at radius 1 is 1.11 bits per heavy atom. The van der Waals surface area contributed by atoms with Gasteiger partial charge in [0.15, 0.2) is 6.54 Å². The number of nitrogens with zero attached hydrogens (tertiary/aromatic N) is 2. The van der Waals surface area contributed by atoms with Crippen molar-refractivity contribution >= 4 is 34.0 Å². The first-order valence-electron chi connectivity index (χ1n) is 9.12. The molecule has 0 unspecified atom stereocenters. The molecule has 0 spiro atoms. The van der Waals surface area contributed by atoms with Gasteiger partial charge in [0.05, 0.1) is 31.5 Å². The largest absolute Gasteiger partial charge is 1.00 e. The number of hydrogen-bond donors (Lipinski definition) is 3. The van der Waals surface area contributed by atoms with E-state index in [2.05, 4.69) is 29.6 Å². The van der Waals surface area contributed by atoms with Gasteiger partial charge < -0.3 is 32.6 Å². The van der Waals surface area contributed by atoms with E-state index < -0.39 is 0 Å². The Bertz CT molecular complexity index is 879. The smallest absolute Gasteiger partial charge is 0.279 e. The van der Waals surface area contributed by atoms with E-state index in [1.165, 1.54) is 6.92 Å². The van der Waals surface area contributed by atoms with Crippen LogP contribution in [-0.2, 0) is 9.59 Å². The minimum atomic E-state index is -0.265. The van der Waals surface area contributed by atoms with Crippen molar-refractivity contribution in [2.75, 3.05) is 57.5 Å². The summed E-state index contributed by atoms with van der Waals surface area (Å²) in [5.74, 6) is -0.392. The average molecular weight is 407 g/mol. The van der Waals surface area contributed by atoms with Crippen molar-refractivity contribution in [1.29, 1.82) is 0 Å². The van der Waals surface area contributed by atoms with Crippen molar-refractivity contribution in [2.24, 2.45) is 0 Å². The van der Waals surface area contributed by atoms with Crippen LogP contribution < -0.4 is 23.0 Å². The number of nitrogens with one attached hydrogen (secondary N) is 2. The molecule has 1 aliphatic rings. The van der Waals surface area contributed by atoms with E-state index in [0.29, 0.717) is 27.8 Å². The van der Waals surface area contributed by atoms with Gasteiger partial charge in [0.2, 0.25) is 5.91 Å². The number of anilines is 2. The van der Waals surface area contributed by atoms with Crippen LogP contribution in [0.2, 0.25) is 0 Å². The third-order valence-electron chi connectivity index (χ3n) is 5.17. The van der Waals surface area contributed by atoms with Crippen LogP contribution in [0, 0.1) is 0 Å². The van der Waals surface area contributed by atoms with Crippen LogP contribution in [0.25, 0.3) is 10.8 Å². The molecule has 2 aromatic rings. The first kappa shape index (κ1) is 21.9. The number of carbonyl (C=O) groups is 2. The highest BCUT2D eigenvalue weighted by Crippen LogP contribution is 2.37. The Kier molecular flexibility index (Phi) is 6.87. The minimum absolute atomic E-state index is 0. The average Bonchev–Trinajstić information content (AvgIpc) is 2.60. The highest BCUT2D eigenvalue weighted by Gasteiger charge is 2.30. The summed E-state index contributed by atoms with van der Waals surface area (Å²) in [7, 11) is 4.19. The lowest BCUT2D eigenvalue weighted by molar-refractivity contribution is -0.905. The van der Waals surface area contributed by atoms with Gasteiger partial charge in [0.25, 0.3) is 5.91 Å². The van der Waals surface area contributed by atoms with Crippen LogP contribution in [0.5, 0.6) is 5.75 Å². The predicted octanol–water partition coefficient (Wildman–Crippen LogP) is -1.16. The molecule has 0 aromatic heterocycles. The second kappa shape index (κ2) is 8.77. The minimum Gasteiger partial charge on any atom is -1.00 e. The van der Waals surface area contributed by atoms with Crippen molar-refractivity contribution in [1.82, 2.24) is 4.90 Å². The number of piperazine rings is 1. The van der Waals surface area contributed by atoms with Crippen molar-refractivity contribution < 1.29 is 31.6 Å². The molecule has 1 aliphatic heterocycles. The summed E-state index contributed by atoms with van der Waals surface area (Å²) in [6.07, 6.45) is 0. The third-order valence-corrected chi connectivity index (χ3v) is 5.17. The number of carbonyl (C=O) groups excluding carboxylic acids is 2. The number of rotatable bonds is 4. The summed E-state index contributed by atoms with van der Waals surface area (Å²) in [6, 6.07) is 8.92. The molecule has 0 bridgehead atoms. The topological polar surface area (TPSA) is 81.7 Å². The Hall–Kier alpha value is -2.35. The Morgan fingerprint density at radius 3 is 2.43 bits per heavy atom. The van der Waals surface area contributed by atoms with Gasteiger partial charge in [0.1, 0.15) is 5.75 Å². The van der Waals surface area contributed by atoms with Crippen LogP contribution in [-0.4, -0.2) is 73.1 Å². The molecule has 0 aliphatic carbocycles. The first-order valence-corrected chi connectivity index (χ1v) is 9.12. The first-order chi connectivity index (χ1) is 12.8. The fourth-order valence-corrected chi connectivity index (χ4v) is 3.50. The van der Waals surface area contributed by atoms with Crippen LogP contribution >= 0.6 is 0 Å². The second-order valence-corrected chi connectivity index (χ2v) is 7.62. The maximum absolute atomic E-state index is 12.7. The summed E-state index contributed by atoms with van der Waals surface area (Å²) in [5, 5.41) is 17.5. The van der Waals surface area contributed by atoms with Crippen molar-refractivity contribution in [3.05, 3.63) is 30.3 Å². The number of halogens is 1. The number of phenolic OH excluding ortho intramolecular Hbond substituents is 1. The standard InChI is InChI=1S/C20H26N4O3.ClH/c1-14(25)21-17-8-7-15-5-4-6-16(19(15)20(17)27)22-18(26)13-24(3)11-9-23(2)10-12-24;/h4-8H,9-13H2,1-3H3,(H2-,21,22,25,26,27);1H. The third kappa shape index (κ3) is 4.92. The molecule has 2 amide bonds. The summed E-state index contributed by atoms with van der Waals surface area (Å²) in [4.78, 5) is 26.3. The molecule has 1 saturated heterocycles. The van der Waals surface area contributed by atoms with Crippen LogP contribution in [0.1, 0.15) is 6.92 Å². The maximum atomic E-state index is 12.7. The fourth-order valence-electron chi connectivity index (χ4n) is 3.50. The number of fused-ring (bicyclic) bond motifs is 1. The number of amides is 2. The molecule has 7 nitrogen and oxygen atoms in total. The summed E-state index contributed by atoms with van der Waals surface area (Å²) in [5.41, 5.74) is 0.873. The van der Waals surface area contributed by atoms with Gasteiger partial charge in [-0.1, -0.05) is 18.2 Å². The Morgan fingerprint density at radius 2 is 1.79 bits per heavy atom. The second-order valence-electron chi connectivity index (χ2n) is 7.62. The number of phenols is 1. The zero-order chi connectivity index (χ0) is 19.6. The molecule has 28 heavy (non-hydrogen) atoms. The molecule has 0 atom stereocenters. The van der Waals surface area contributed by atoms with Gasteiger partial charge in [-0.2, -0.15) is 0 Å². The zero-order valence-corrected chi connectivity index (χ0v) is 17.2. The van der Waals surface area contributed by atoms with E-state index >= 15 is 0 Å². The van der Waals surface area contributed by atoms with E-state index in [9.17, 15) is 14.7 Å². The van der Waals surface area contributed by atoms with Crippen LogP contribution in [0.4, 0.5) is 11.4 Å². The molecule has 1 heterocycles. The van der Waals surface area contributed by atoms with Gasteiger partial charge in [0, 0.05) is 25.4 Å². The lowest BCUT2D eigenvalue weighted by Crippen LogP contribution is -3.00. The number of hydrogen-bond acceptors (Lipinski definition) is 4. The normalized spacial score (nSPS) is 16.2. The van der Waals surface area contributed by atoms with Crippen molar-refractivity contribution in [3.8, 4) is 5.75 Å². The quantitative estimate of drug-likeness (QED) is 0.442. The molecule has 0 saturated carbocycles. The summed E-state index contributed by atoms with van der Waals surface area (Å²) in [6.45, 7) is 5.57.